The van der Waals surface area contributed by atoms with E-state index in [0.29, 0.717) is 22.6 Å². The molecule has 2 aromatic rings. The molecule has 0 spiro atoms. The van der Waals surface area contributed by atoms with Crippen LogP contribution in [-0.4, -0.2) is 12.0 Å². The molecule has 0 aliphatic rings. The molecule has 1 atom stereocenters. The zero-order valence-corrected chi connectivity index (χ0v) is 11.1. The summed E-state index contributed by atoms with van der Waals surface area (Å²) < 4.78 is 37.4. The van der Waals surface area contributed by atoms with Crippen LogP contribution in [0.2, 0.25) is 0 Å². The molecule has 0 aromatic carbocycles. The summed E-state index contributed by atoms with van der Waals surface area (Å²) in [5.41, 5.74) is 0. The largest absolute Gasteiger partial charge is 0.443 e. The smallest absolute Gasteiger partial charge is 0.312 e. The third-order valence-corrected chi connectivity index (χ3v) is 4.50. The number of aromatic nitrogens is 1. The standard InChI is InChI=1S/C11H11F3N2S2/c1-15-8(5-7-3-2-4-17-7)9-6-16-10(18-9)11(12,13)14/h2-4,6,8,15H,5H2,1H3. The molecular formula is C11H11F3N2S2. The maximum absolute atomic E-state index is 12.5. The lowest BCUT2D eigenvalue weighted by molar-refractivity contribution is -0.137. The predicted octanol–water partition coefficient (Wildman–Crippen LogP) is 3.73. The van der Waals surface area contributed by atoms with Crippen molar-refractivity contribution in [2.24, 2.45) is 0 Å². The summed E-state index contributed by atoms with van der Waals surface area (Å²) in [5, 5.41) is 4.20. The van der Waals surface area contributed by atoms with Gasteiger partial charge in [0.1, 0.15) is 0 Å². The highest BCUT2D eigenvalue weighted by Crippen LogP contribution is 2.35. The molecule has 0 fully saturated rings. The molecule has 2 aromatic heterocycles. The number of thiophene rings is 1. The molecule has 98 valence electrons. The number of thiazole rings is 1. The predicted molar refractivity (Wildman–Crippen MR) is 66.9 cm³/mol. The van der Waals surface area contributed by atoms with Crippen molar-refractivity contribution in [1.82, 2.24) is 10.3 Å². The first-order valence-electron chi connectivity index (χ1n) is 5.23. The van der Waals surface area contributed by atoms with Gasteiger partial charge in [-0.25, -0.2) is 4.98 Å². The van der Waals surface area contributed by atoms with Crippen LogP contribution >= 0.6 is 22.7 Å². The quantitative estimate of drug-likeness (QED) is 0.929. The number of nitrogens with zero attached hydrogens (tertiary/aromatic N) is 1. The summed E-state index contributed by atoms with van der Waals surface area (Å²) in [5.74, 6) is 0. The first kappa shape index (κ1) is 13.5. The van der Waals surface area contributed by atoms with Gasteiger partial charge in [-0.3, -0.25) is 0 Å². The normalized spacial score (nSPS) is 13.8. The Morgan fingerprint density at radius 1 is 1.44 bits per heavy atom. The van der Waals surface area contributed by atoms with Crippen molar-refractivity contribution >= 4 is 22.7 Å². The third-order valence-electron chi connectivity index (χ3n) is 2.44. The minimum atomic E-state index is -4.36. The third kappa shape index (κ3) is 3.09. The average Bonchev–Trinajstić information content (AvgIpc) is 2.95. The Morgan fingerprint density at radius 3 is 2.72 bits per heavy atom. The molecule has 1 N–H and O–H groups in total. The monoisotopic (exact) mass is 292 g/mol. The molecule has 2 nitrogen and oxygen atoms in total. The molecule has 0 aliphatic heterocycles. The Bertz CT molecular complexity index is 491. The van der Waals surface area contributed by atoms with Crippen LogP contribution in [0.1, 0.15) is 20.8 Å². The Labute approximate surface area is 110 Å². The minimum absolute atomic E-state index is 0.128. The van der Waals surface area contributed by atoms with Gasteiger partial charge in [-0.15, -0.1) is 22.7 Å². The van der Waals surface area contributed by atoms with E-state index in [9.17, 15) is 13.2 Å². The highest BCUT2D eigenvalue weighted by Gasteiger charge is 2.35. The van der Waals surface area contributed by atoms with Crippen molar-refractivity contribution < 1.29 is 13.2 Å². The van der Waals surface area contributed by atoms with Gasteiger partial charge in [0, 0.05) is 28.4 Å². The Morgan fingerprint density at radius 2 is 2.22 bits per heavy atom. The van der Waals surface area contributed by atoms with Crippen molar-refractivity contribution in [3.8, 4) is 0 Å². The average molecular weight is 292 g/mol. The van der Waals surface area contributed by atoms with Crippen LogP contribution in [-0.2, 0) is 12.6 Å². The maximum atomic E-state index is 12.5. The fourth-order valence-electron chi connectivity index (χ4n) is 1.55. The number of nitrogens with one attached hydrogen (secondary N) is 1. The Kier molecular flexibility index (Phi) is 4.04. The highest BCUT2D eigenvalue weighted by molar-refractivity contribution is 7.11. The van der Waals surface area contributed by atoms with Crippen LogP contribution in [0.4, 0.5) is 13.2 Å². The number of hydrogen-bond donors (Lipinski definition) is 1. The van der Waals surface area contributed by atoms with E-state index in [1.54, 1.807) is 18.4 Å². The maximum Gasteiger partial charge on any atom is 0.443 e. The van der Waals surface area contributed by atoms with E-state index in [4.69, 9.17) is 0 Å². The lowest BCUT2D eigenvalue weighted by Gasteiger charge is -2.12. The molecule has 0 aliphatic carbocycles. The van der Waals surface area contributed by atoms with Gasteiger partial charge < -0.3 is 5.32 Å². The van der Waals surface area contributed by atoms with E-state index in [1.807, 2.05) is 17.5 Å². The van der Waals surface area contributed by atoms with Crippen molar-refractivity contribution in [1.29, 1.82) is 0 Å². The number of alkyl halides is 3. The fraction of sp³-hybridized carbons (Fsp3) is 0.364. The number of likely N-dealkylation sites (N-methyl/N-ethyl adjacent to an activating group) is 1. The molecule has 0 amide bonds. The molecule has 2 rings (SSSR count). The van der Waals surface area contributed by atoms with Gasteiger partial charge in [-0.2, -0.15) is 13.2 Å². The van der Waals surface area contributed by atoms with Crippen LogP contribution in [0.5, 0.6) is 0 Å². The van der Waals surface area contributed by atoms with Crippen LogP contribution in [0.15, 0.2) is 23.7 Å². The van der Waals surface area contributed by atoms with Gasteiger partial charge in [-0.05, 0) is 18.5 Å². The molecule has 0 saturated heterocycles. The van der Waals surface area contributed by atoms with E-state index >= 15 is 0 Å². The van der Waals surface area contributed by atoms with Gasteiger partial charge in [0.15, 0.2) is 5.01 Å². The first-order chi connectivity index (χ1) is 8.50. The van der Waals surface area contributed by atoms with Gasteiger partial charge >= 0.3 is 6.18 Å². The SMILES string of the molecule is CNC(Cc1cccs1)c1cnc(C(F)(F)F)s1. The molecule has 1 unspecified atom stereocenters. The van der Waals surface area contributed by atoms with Crippen molar-refractivity contribution in [3.63, 3.8) is 0 Å². The zero-order valence-electron chi connectivity index (χ0n) is 9.49. The molecular weight excluding hydrogens is 281 g/mol. The number of rotatable bonds is 4. The molecule has 0 saturated carbocycles. The van der Waals surface area contributed by atoms with E-state index in [1.165, 1.54) is 6.20 Å². The molecule has 0 radical (unpaired) electrons. The topological polar surface area (TPSA) is 24.9 Å². The zero-order chi connectivity index (χ0) is 13.2. The summed E-state index contributed by atoms with van der Waals surface area (Å²) in [6.07, 6.45) is -2.37. The summed E-state index contributed by atoms with van der Waals surface area (Å²) >= 11 is 2.30. The van der Waals surface area contributed by atoms with Crippen LogP contribution in [0.3, 0.4) is 0 Å². The van der Waals surface area contributed by atoms with E-state index in [-0.39, 0.29) is 6.04 Å². The Balaban J connectivity index is 2.15. The van der Waals surface area contributed by atoms with Crippen LogP contribution in [0.25, 0.3) is 0 Å². The number of halogens is 3. The molecule has 18 heavy (non-hydrogen) atoms. The second-order valence-electron chi connectivity index (χ2n) is 3.69. The van der Waals surface area contributed by atoms with Crippen molar-refractivity contribution in [2.75, 3.05) is 7.05 Å². The van der Waals surface area contributed by atoms with E-state index in [2.05, 4.69) is 10.3 Å². The van der Waals surface area contributed by atoms with Crippen LogP contribution < -0.4 is 5.32 Å². The lowest BCUT2D eigenvalue weighted by atomic mass is 10.1. The van der Waals surface area contributed by atoms with E-state index < -0.39 is 11.2 Å². The second kappa shape index (κ2) is 5.38. The highest BCUT2D eigenvalue weighted by atomic mass is 32.1. The summed E-state index contributed by atoms with van der Waals surface area (Å²) in [6, 6.07) is 3.78. The summed E-state index contributed by atoms with van der Waals surface area (Å²) in [4.78, 5) is 5.19. The number of hydrogen-bond acceptors (Lipinski definition) is 4. The molecule has 0 bridgehead atoms. The van der Waals surface area contributed by atoms with Gasteiger partial charge in [0.25, 0.3) is 0 Å². The van der Waals surface area contributed by atoms with Crippen LogP contribution in [0, 0.1) is 0 Å². The van der Waals surface area contributed by atoms with Crippen molar-refractivity contribution in [2.45, 2.75) is 18.6 Å². The fourth-order valence-corrected chi connectivity index (χ4v) is 3.20. The van der Waals surface area contributed by atoms with Gasteiger partial charge in [0.2, 0.25) is 0 Å². The molecule has 7 heteroatoms. The minimum Gasteiger partial charge on any atom is -0.312 e. The van der Waals surface area contributed by atoms with Gasteiger partial charge in [-0.1, -0.05) is 6.07 Å². The van der Waals surface area contributed by atoms with Gasteiger partial charge in [0.05, 0.1) is 0 Å². The lowest BCUT2D eigenvalue weighted by Crippen LogP contribution is -2.17. The first-order valence-corrected chi connectivity index (χ1v) is 6.93. The Hall–Kier alpha value is -0.920. The molecule has 2 heterocycles. The summed E-state index contributed by atoms with van der Waals surface area (Å²) in [6.45, 7) is 0. The van der Waals surface area contributed by atoms with E-state index in [0.717, 1.165) is 4.88 Å². The second-order valence-corrected chi connectivity index (χ2v) is 5.78. The van der Waals surface area contributed by atoms with Crippen molar-refractivity contribution in [3.05, 3.63) is 38.5 Å². The summed E-state index contributed by atoms with van der Waals surface area (Å²) in [7, 11) is 1.74.